The number of hydrogen-bond acceptors (Lipinski definition) is 6. The number of aromatic nitrogens is 5. The van der Waals surface area contributed by atoms with E-state index in [1.165, 1.54) is 6.33 Å². The summed E-state index contributed by atoms with van der Waals surface area (Å²) in [5.74, 6) is 0.270. The second-order valence-corrected chi connectivity index (χ2v) is 6.19. The highest BCUT2D eigenvalue weighted by Crippen LogP contribution is 2.29. The lowest BCUT2D eigenvalue weighted by Gasteiger charge is -2.16. The molecule has 0 aliphatic carbocycles. The van der Waals surface area contributed by atoms with Crippen LogP contribution in [0.15, 0.2) is 49.2 Å². The van der Waals surface area contributed by atoms with Gasteiger partial charge in [0.25, 0.3) is 0 Å². The zero-order valence-electron chi connectivity index (χ0n) is 15.1. The SMILES string of the molecule is COc1cccc(C(CN)C(=O)Nc2ncnc3c(-c4cn[nH]c4)c[nH]c23)c1. The van der Waals surface area contributed by atoms with Gasteiger partial charge in [0, 0.05) is 30.1 Å². The van der Waals surface area contributed by atoms with E-state index in [4.69, 9.17) is 10.5 Å². The van der Waals surface area contributed by atoms with Crippen LogP contribution in [0, 0.1) is 0 Å². The first kappa shape index (κ1) is 17.7. The minimum atomic E-state index is -0.538. The first-order valence-electron chi connectivity index (χ1n) is 8.67. The number of H-pyrrole nitrogens is 2. The van der Waals surface area contributed by atoms with E-state index < -0.39 is 5.92 Å². The zero-order valence-corrected chi connectivity index (χ0v) is 15.1. The summed E-state index contributed by atoms with van der Waals surface area (Å²) in [5, 5.41) is 9.60. The third-order valence-electron chi connectivity index (χ3n) is 4.56. The first-order chi connectivity index (χ1) is 13.7. The predicted molar refractivity (Wildman–Crippen MR) is 105 cm³/mol. The van der Waals surface area contributed by atoms with Gasteiger partial charge < -0.3 is 20.8 Å². The molecule has 3 aromatic heterocycles. The molecule has 142 valence electrons. The monoisotopic (exact) mass is 377 g/mol. The van der Waals surface area contributed by atoms with Gasteiger partial charge in [-0.15, -0.1) is 0 Å². The Morgan fingerprint density at radius 1 is 1.32 bits per heavy atom. The highest BCUT2D eigenvalue weighted by molar-refractivity contribution is 6.04. The second-order valence-electron chi connectivity index (χ2n) is 6.19. The molecular formula is C19H19N7O2. The number of methoxy groups -OCH3 is 1. The number of nitrogens with one attached hydrogen (secondary N) is 3. The van der Waals surface area contributed by atoms with Gasteiger partial charge >= 0.3 is 0 Å². The molecule has 0 saturated heterocycles. The smallest absolute Gasteiger partial charge is 0.234 e. The molecule has 1 unspecified atom stereocenters. The molecule has 28 heavy (non-hydrogen) atoms. The number of anilines is 1. The summed E-state index contributed by atoms with van der Waals surface area (Å²) >= 11 is 0. The molecule has 9 heteroatoms. The van der Waals surface area contributed by atoms with Crippen molar-refractivity contribution >= 4 is 22.8 Å². The van der Waals surface area contributed by atoms with Crippen LogP contribution in [0.4, 0.5) is 5.82 Å². The van der Waals surface area contributed by atoms with Crippen LogP contribution >= 0.6 is 0 Å². The van der Waals surface area contributed by atoms with E-state index >= 15 is 0 Å². The molecule has 3 heterocycles. The van der Waals surface area contributed by atoms with E-state index in [2.05, 4.69) is 30.5 Å². The summed E-state index contributed by atoms with van der Waals surface area (Å²) in [6.45, 7) is 0.151. The van der Waals surface area contributed by atoms with Crippen molar-refractivity contribution in [1.82, 2.24) is 25.1 Å². The van der Waals surface area contributed by atoms with E-state index in [-0.39, 0.29) is 12.5 Å². The number of benzene rings is 1. The Morgan fingerprint density at radius 2 is 2.21 bits per heavy atom. The van der Waals surface area contributed by atoms with Gasteiger partial charge in [-0.2, -0.15) is 5.10 Å². The molecule has 0 aliphatic heterocycles. The first-order valence-corrected chi connectivity index (χ1v) is 8.67. The van der Waals surface area contributed by atoms with Crippen LogP contribution in [0.5, 0.6) is 5.75 Å². The average Bonchev–Trinajstić information content (AvgIpc) is 3.38. The summed E-state index contributed by atoms with van der Waals surface area (Å²) in [4.78, 5) is 24.6. The van der Waals surface area contributed by atoms with Gasteiger partial charge in [0.15, 0.2) is 5.82 Å². The number of carbonyl (C=O) groups excluding carboxylic acids is 1. The van der Waals surface area contributed by atoms with E-state index in [1.54, 1.807) is 25.6 Å². The number of ether oxygens (including phenoxy) is 1. The Bertz CT molecular complexity index is 1100. The van der Waals surface area contributed by atoms with Crippen LogP contribution in [0.2, 0.25) is 0 Å². The summed E-state index contributed by atoms with van der Waals surface area (Å²) < 4.78 is 5.24. The molecule has 0 saturated carbocycles. The maximum Gasteiger partial charge on any atom is 0.234 e. The van der Waals surface area contributed by atoms with Gasteiger partial charge in [0.1, 0.15) is 23.1 Å². The van der Waals surface area contributed by atoms with Crippen molar-refractivity contribution < 1.29 is 9.53 Å². The molecule has 0 spiro atoms. The summed E-state index contributed by atoms with van der Waals surface area (Å²) in [5.41, 5.74) is 9.73. The Morgan fingerprint density at radius 3 is 2.96 bits per heavy atom. The molecule has 1 amide bonds. The average molecular weight is 377 g/mol. The Balaban J connectivity index is 1.64. The maximum absolute atomic E-state index is 12.9. The van der Waals surface area contributed by atoms with Crippen LogP contribution in [0.25, 0.3) is 22.2 Å². The predicted octanol–water partition coefficient (Wildman–Crippen LogP) is 2.04. The Kier molecular flexibility index (Phi) is 4.73. The quantitative estimate of drug-likeness (QED) is 0.406. The van der Waals surface area contributed by atoms with Gasteiger partial charge in [0.05, 0.1) is 19.2 Å². The number of carbonyl (C=O) groups is 1. The highest BCUT2D eigenvalue weighted by Gasteiger charge is 2.22. The van der Waals surface area contributed by atoms with Crippen LogP contribution in [0.3, 0.4) is 0 Å². The van der Waals surface area contributed by atoms with Crippen LogP contribution < -0.4 is 15.8 Å². The van der Waals surface area contributed by atoms with E-state index in [9.17, 15) is 4.79 Å². The number of amides is 1. The Hall–Kier alpha value is -3.72. The van der Waals surface area contributed by atoms with Gasteiger partial charge in [-0.25, -0.2) is 9.97 Å². The third-order valence-corrected chi connectivity index (χ3v) is 4.56. The van der Waals surface area contributed by atoms with Crippen LogP contribution in [-0.4, -0.2) is 44.7 Å². The fourth-order valence-corrected chi connectivity index (χ4v) is 3.11. The number of nitrogens with zero attached hydrogens (tertiary/aromatic N) is 3. The van der Waals surface area contributed by atoms with E-state index in [1.807, 2.05) is 24.4 Å². The number of rotatable bonds is 6. The van der Waals surface area contributed by atoms with Crippen LogP contribution in [0.1, 0.15) is 11.5 Å². The standard InChI is InChI=1S/C19H19N7O2/c1-28-13-4-2-3-11(5-13)14(6-20)19(27)26-18-17-16(22-10-23-18)15(9-21-17)12-7-24-25-8-12/h2-5,7-10,14,21H,6,20H2,1H3,(H,24,25)(H,22,23,26,27). The van der Waals surface area contributed by atoms with Crippen molar-refractivity contribution in [1.29, 1.82) is 0 Å². The molecule has 1 atom stereocenters. The van der Waals surface area contributed by atoms with Gasteiger partial charge in [0.2, 0.25) is 5.91 Å². The fraction of sp³-hybridized carbons (Fsp3) is 0.158. The second kappa shape index (κ2) is 7.49. The minimum Gasteiger partial charge on any atom is -0.497 e. The lowest BCUT2D eigenvalue weighted by atomic mass is 9.98. The zero-order chi connectivity index (χ0) is 19.5. The molecule has 0 aliphatic rings. The van der Waals surface area contributed by atoms with Crippen molar-refractivity contribution in [3.8, 4) is 16.9 Å². The lowest BCUT2D eigenvalue weighted by Crippen LogP contribution is -2.28. The highest BCUT2D eigenvalue weighted by atomic mass is 16.5. The molecule has 0 bridgehead atoms. The molecule has 5 N–H and O–H groups in total. The topological polar surface area (TPSA) is 135 Å². The van der Waals surface area contributed by atoms with Crippen molar-refractivity contribution in [2.75, 3.05) is 19.0 Å². The molecule has 4 rings (SSSR count). The molecule has 4 aromatic rings. The summed E-state index contributed by atoms with van der Waals surface area (Å²) in [6.07, 6.45) is 6.70. The summed E-state index contributed by atoms with van der Waals surface area (Å²) in [7, 11) is 1.58. The molecule has 9 nitrogen and oxygen atoms in total. The molecule has 0 radical (unpaired) electrons. The largest absolute Gasteiger partial charge is 0.497 e. The van der Waals surface area contributed by atoms with Gasteiger partial charge in [-0.1, -0.05) is 12.1 Å². The number of aromatic amines is 2. The number of nitrogens with two attached hydrogens (primary N) is 1. The summed E-state index contributed by atoms with van der Waals surface area (Å²) in [6, 6.07) is 7.30. The normalized spacial score (nSPS) is 12.1. The maximum atomic E-state index is 12.9. The van der Waals surface area contributed by atoms with Gasteiger partial charge in [-0.3, -0.25) is 9.89 Å². The minimum absolute atomic E-state index is 0.151. The lowest BCUT2D eigenvalue weighted by molar-refractivity contribution is -0.117. The van der Waals surface area contributed by atoms with Crippen molar-refractivity contribution in [3.05, 3.63) is 54.7 Å². The Labute approximate surface area is 160 Å². The van der Waals surface area contributed by atoms with Crippen molar-refractivity contribution in [2.45, 2.75) is 5.92 Å². The van der Waals surface area contributed by atoms with Crippen LogP contribution in [-0.2, 0) is 4.79 Å². The van der Waals surface area contributed by atoms with E-state index in [0.29, 0.717) is 22.6 Å². The molecule has 0 fully saturated rings. The van der Waals surface area contributed by atoms with Crippen molar-refractivity contribution in [2.24, 2.45) is 5.73 Å². The van der Waals surface area contributed by atoms with Gasteiger partial charge in [-0.05, 0) is 17.7 Å². The number of hydrogen-bond donors (Lipinski definition) is 4. The number of fused-ring (bicyclic) bond motifs is 1. The fourth-order valence-electron chi connectivity index (χ4n) is 3.11. The van der Waals surface area contributed by atoms with Crippen molar-refractivity contribution in [3.63, 3.8) is 0 Å². The molecular weight excluding hydrogens is 358 g/mol. The molecule has 1 aromatic carbocycles. The van der Waals surface area contributed by atoms with E-state index in [0.717, 1.165) is 16.7 Å². The third kappa shape index (κ3) is 3.19.